The summed E-state index contributed by atoms with van der Waals surface area (Å²) in [6, 6.07) is 4.70. The van der Waals surface area contributed by atoms with Crippen molar-refractivity contribution in [2.45, 2.75) is 26.2 Å². The number of benzene rings is 1. The average molecular weight is 226 g/mol. The van der Waals surface area contributed by atoms with E-state index in [1.807, 2.05) is 0 Å². The Morgan fingerprint density at radius 1 is 1.44 bits per heavy atom. The molecule has 3 nitrogen and oxygen atoms in total. The molecule has 0 fully saturated rings. The Morgan fingerprint density at radius 3 is 2.81 bits per heavy atom. The number of hydrogen-bond donors (Lipinski definition) is 1. The van der Waals surface area contributed by atoms with E-state index in [0.29, 0.717) is 30.8 Å². The number of halogens is 1. The Labute approximate surface area is 93.9 Å². The van der Waals surface area contributed by atoms with Crippen molar-refractivity contribution in [3.63, 3.8) is 0 Å². The molecular weight excluding hydrogens is 211 g/mol. The van der Waals surface area contributed by atoms with Gasteiger partial charge in [-0.3, -0.25) is 4.79 Å². The smallest absolute Gasteiger partial charge is 0.303 e. The molecule has 16 heavy (non-hydrogen) atoms. The van der Waals surface area contributed by atoms with Crippen molar-refractivity contribution in [1.29, 1.82) is 0 Å². The summed E-state index contributed by atoms with van der Waals surface area (Å²) in [5.41, 5.74) is 0.582. The van der Waals surface area contributed by atoms with E-state index < -0.39 is 5.97 Å². The predicted octanol–water partition coefficient (Wildman–Crippen LogP) is 2.77. The van der Waals surface area contributed by atoms with Crippen molar-refractivity contribution in [3.05, 3.63) is 29.6 Å². The summed E-state index contributed by atoms with van der Waals surface area (Å²) >= 11 is 0. The van der Waals surface area contributed by atoms with Crippen molar-refractivity contribution >= 4 is 5.97 Å². The fourth-order valence-corrected chi connectivity index (χ4v) is 1.23. The molecule has 0 spiro atoms. The maximum atomic E-state index is 13.1. The summed E-state index contributed by atoms with van der Waals surface area (Å²) in [5.74, 6) is -0.608. The standard InChI is InChI=1S/C12H15FO3/c1-9-5-6-10(8-11(9)13)16-7-3-2-4-12(14)15/h5-6,8H,2-4,7H2,1H3,(H,14,15). The first kappa shape index (κ1) is 12.5. The highest BCUT2D eigenvalue weighted by Gasteiger charge is 2.00. The van der Waals surface area contributed by atoms with E-state index in [-0.39, 0.29) is 12.2 Å². The van der Waals surface area contributed by atoms with Gasteiger partial charge in [0, 0.05) is 12.5 Å². The first-order valence-electron chi connectivity index (χ1n) is 5.20. The predicted molar refractivity (Wildman–Crippen MR) is 58.1 cm³/mol. The molecule has 0 aliphatic rings. The second-order valence-electron chi connectivity index (χ2n) is 3.61. The van der Waals surface area contributed by atoms with Gasteiger partial charge in [0.05, 0.1) is 6.61 Å². The van der Waals surface area contributed by atoms with Gasteiger partial charge in [-0.2, -0.15) is 0 Å². The highest BCUT2D eigenvalue weighted by atomic mass is 19.1. The van der Waals surface area contributed by atoms with E-state index in [4.69, 9.17) is 9.84 Å². The van der Waals surface area contributed by atoms with Gasteiger partial charge in [0.15, 0.2) is 0 Å². The molecule has 0 saturated heterocycles. The van der Waals surface area contributed by atoms with Crippen LogP contribution >= 0.6 is 0 Å². The van der Waals surface area contributed by atoms with E-state index in [1.54, 1.807) is 19.1 Å². The molecule has 1 aromatic carbocycles. The lowest BCUT2D eigenvalue weighted by atomic mass is 10.2. The molecule has 1 N–H and O–H groups in total. The van der Waals surface area contributed by atoms with Gasteiger partial charge in [0.25, 0.3) is 0 Å². The fourth-order valence-electron chi connectivity index (χ4n) is 1.23. The van der Waals surface area contributed by atoms with Crippen LogP contribution in [0.3, 0.4) is 0 Å². The lowest BCUT2D eigenvalue weighted by Gasteiger charge is -2.06. The molecule has 0 aliphatic heterocycles. The molecular formula is C12H15FO3. The van der Waals surface area contributed by atoms with Crippen LogP contribution in [0.1, 0.15) is 24.8 Å². The van der Waals surface area contributed by atoms with Crippen LogP contribution in [0.5, 0.6) is 5.75 Å². The number of aryl methyl sites for hydroxylation is 1. The van der Waals surface area contributed by atoms with Gasteiger partial charge in [-0.1, -0.05) is 6.07 Å². The van der Waals surface area contributed by atoms with E-state index in [9.17, 15) is 9.18 Å². The molecule has 88 valence electrons. The zero-order chi connectivity index (χ0) is 12.0. The van der Waals surface area contributed by atoms with Gasteiger partial charge in [-0.15, -0.1) is 0 Å². The molecule has 0 saturated carbocycles. The van der Waals surface area contributed by atoms with Crippen molar-refractivity contribution in [1.82, 2.24) is 0 Å². The number of carbonyl (C=O) groups is 1. The molecule has 0 heterocycles. The van der Waals surface area contributed by atoms with Crippen molar-refractivity contribution in [2.24, 2.45) is 0 Å². The van der Waals surface area contributed by atoms with Gasteiger partial charge in [0.1, 0.15) is 11.6 Å². The molecule has 1 rings (SSSR count). The maximum absolute atomic E-state index is 13.1. The lowest BCUT2D eigenvalue weighted by Crippen LogP contribution is -2.00. The SMILES string of the molecule is Cc1ccc(OCCCCC(=O)O)cc1F. The maximum Gasteiger partial charge on any atom is 0.303 e. The molecule has 4 heteroatoms. The third-order valence-electron chi connectivity index (χ3n) is 2.20. The Hall–Kier alpha value is -1.58. The molecule has 0 amide bonds. The van der Waals surface area contributed by atoms with Gasteiger partial charge < -0.3 is 9.84 Å². The molecule has 0 aromatic heterocycles. The summed E-state index contributed by atoms with van der Waals surface area (Å²) in [5, 5.41) is 8.41. The third-order valence-corrected chi connectivity index (χ3v) is 2.20. The van der Waals surface area contributed by atoms with Crippen LogP contribution in [0.15, 0.2) is 18.2 Å². The number of ether oxygens (including phenoxy) is 1. The minimum absolute atomic E-state index is 0.144. The zero-order valence-electron chi connectivity index (χ0n) is 9.20. The van der Waals surface area contributed by atoms with Gasteiger partial charge in [-0.05, 0) is 31.4 Å². The van der Waals surface area contributed by atoms with E-state index >= 15 is 0 Å². The summed E-state index contributed by atoms with van der Waals surface area (Å²) in [7, 11) is 0. The van der Waals surface area contributed by atoms with Crippen molar-refractivity contribution in [3.8, 4) is 5.75 Å². The van der Waals surface area contributed by atoms with Crippen LogP contribution in [-0.2, 0) is 4.79 Å². The van der Waals surface area contributed by atoms with Gasteiger partial charge in [-0.25, -0.2) is 4.39 Å². The van der Waals surface area contributed by atoms with Crippen molar-refractivity contribution in [2.75, 3.05) is 6.61 Å². The number of aliphatic carboxylic acids is 1. The van der Waals surface area contributed by atoms with Crippen LogP contribution in [0.25, 0.3) is 0 Å². The largest absolute Gasteiger partial charge is 0.493 e. The number of rotatable bonds is 6. The molecule has 0 unspecified atom stereocenters. The Kier molecular flexibility index (Phi) is 4.76. The van der Waals surface area contributed by atoms with Crippen LogP contribution in [0, 0.1) is 12.7 Å². The van der Waals surface area contributed by atoms with Gasteiger partial charge in [0.2, 0.25) is 0 Å². The number of carboxylic acids is 1. The summed E-state index contributed by atoms with van der Waals surface area (Å²) < 4.78 is 18.4. The van der Waals surface area contributed by atoms with Crippen LogP contribution in [0.2, 0.25) is 0 Å². The highest BCUT2D eigenvalue weighted by Crippen LogP contribution is 2.16. The Balaban J connectivity index is 2.27. The van der Waals surface area contributed by atoms with E-state index in [2.05, 4.69) is 0 Å². The van der Waals surface area contributed by atoms with E-state index in [0.717, 1.165) is 0 Å². The average Bonchev–Trinajstić information content (AvgIpc) is 2.22. The van der Waals surface area contributed by atoms with Crippen LogP contribution in [0.4, 0.5) is 4.39 Å². The summed E-state index contributed by atoms with van der Waals surface area (Å²) in [6.45, 7) is 2.10. The lowest BCUT2D eigenvalue weighted by molar-refractivity contribution is -0.137. The van der Waals surface area contributed by atoms with E-state index in [1.165, 1.54) is 6.07 Å². The second-order valence-corrected chi connectivity index (χ2v) is 3.61. The molecule has 0 radical (unpaired) electrons. The number of unbranched alkanes of at least 4 members (excludes halogenated alkanes) is 1. The Morgan fingerprint density at radius 2 is 2.19 bits per heavy atom. The van der Waals surface area contributed by atoms with Crippen molar-refractivity contribution < 1.29 is 19.0 Å². The number of carboxylic acid groups (broad SMARTS) is 1. The normalized spacial score (nSPS) is 10.1. The molecule has 0 aliphatic carbocycles. The molecule has 0 bridgehead atoms. The highest BCUT2D eigenvalue weighted by molar-refractivity contribution is 5.66. The number of hydrogen-bond acceptors (Lipinski definition) is 2. The minimum atomic E-state index is -0.804. The van der Waals surface area contributed by atoms with Crippen LogP contribution < -0.4 is 4.74 Å². The summed E-state index contributed by atoms with van der Waals surface area (Å²) in [6.07, 6.45) is 1.37. The second kappa shape index (κ2) is 6.10. The summed E-state index contributed by atoms with van der Waals surface area (Å²) in [4.78, 5) is 10.2. The van der Waals surface area contributed by atoms with Crippen LogP contribution in [-0.4, -0.2) is 17.7 Å². The first-order valence-corrected chi connectivity index (χ1v) is 5.20. The topological polar surface area (TPSA) is 46.5 Å². The fraction of sp³-hybridized carbons (Fsp3) is 0.417. The molecule has 0 atom stereocenters. The molecule has 1 aromatic rings. The van der Waals surface area contributed by atoms with Gasteiger partial charge >= 0.3 is 5.97 Å². The monoisotopic (exact) mass is 226 g/mol. The first-order chi connectivity index (χ1) is 7.59. The zero-order valence-corrected chi connectivity index (χ0v) is 9.20. The Bertz CT molecular complexity index is 363. The third kappa shape index (κ3) is 4.29. The minimum Gasteiger partial charge on any atom is -0.493 e. The quantitative estimate of drug-likeness (QED) is 0.758.